The van der Waals surface area contributed by atoms with Gasteiger partial charge in [0.05, 0.1) is 17.3 Å². The summed E-state index contributed by atoms with van der Waals surface area (Å²) >= 11 is 0. The molecule has 1 N–H and O–H groups in total. The summed E-state index contributed by atoms with van der Waals surface area (Å²) in [5.74, 6) is 1.85. The van der Waals surface area contributed by atoms with Gasteiger partial charge in [0.1, 0.15) is 5.82 Å². The van der Waals surface area contributed by atoms with Gasteiger partial charge in [-0.1, -0.05) is 49.6 Å². The lowest BCUT2D eigenvalue weighted by molar-refractivity contribution is 0.0983. The monoisotopic (exact) mass is 365 g/mol. The SMILES string of the molecule is CC1(C)CC(C2CCCCC2)Nc2c(C(=O)CCc3ccccc3)cnn21. The molecule has 0 bridgehead atoms. The third kappa shape index (κ3) is 3.80. The smallest absolute Gasteiger partial charge is 0.168 e. The highest BCUT2D eigenvalue weighted by Crippen LogP contribution is 2.39. The Kier molecular flexibility index (Phi) is 5.07. The average Bonchev–Trinajstić information content (AvgIpc) is 3.12. The second-order valence-corrected chi connectivity index (χ2v) is 8.89. The van der Waals surface area contributed by atoms with Crippen LogP contribution in [-0.4, -0.2) is 21.6 Å². The van der Waals surface area contributed by atoms with Gasteiger partial charge in [-0.05, 0) is 51.0 Å². The van der Waals surface area contributed by atoms with Crippen molar-refractivity contribution in [2.45, 2.75) is 76.8 Å². The third-order valence-corrected chi connectivity index (χ3v) is 6.39. The molecule has 1 unspecified atom stereocenters. The molecule has 27 heavy (non-hydrogen) atoms. The second-order valence-electron chi connectivity index (χ2n) is 8.89. The number of carbonyl (C=O) groups excluding carboxylic acids is 1. The second kappa shape index (κ2) is 7.49. The number of nitrogens with zero attached hydrogens (tertiary/aromatic N) is 2. The number of nitrogens with one attached hydrogen (secondary N) is 1. The van der Waals surface area contributed by atoms with Gasteiger partial charge in [0.25, 0.3) is 0 Å². The molecule has 1 aromatic heterocycles. The summed E-state index contributed by atoms with van der Waals surface area (Å²) < 4.78 is 2.04. The van der Waals surface area contributed by atoms with Crippen LogP contribution in [0.3, 0.4) is 0 Å². The molecule has 1 atom stereocenters. The van der Waals surface area contributed by atoms with Crippen molar-refractivity contribution in [2.24, 2.45) is 5.92 Å². The fraction of sp³-hybridized carbons (Fsp3) is 0.565. The van der Waals surface area contributed by atoms with Crippen LogP contribution >= 0.6 is 0 Å². The number of aromatic nitrogens is 2. The Balaban J connectivity index is 1.52. The van der Waals surface area contributed by atoms with Crippen LogP contribution in [0.4, 0.5) is 5.82 Å². The van der Waals surface area contributed by atoms with E-state index in [2.05, 4.69) is 36.4 Å². The van der Waals surface area contributed by atoms with Crippen LogP contribution < -0.4 is 5.32 Å². The van der Waals surface area contributed by atoms with Gasteiger partial charge in [0.15, 0.2) is 5.78 Å². The first-order valence-electron chi connectivity index (χ1n) is 10.5. The topological polar surface area (TPSA) is 46.9 Å². The van der Waals surface area contributed by atoms with E-state index < -0.39 is 0 Å². The zero-order valence-corrected chi connectivity index (χ0v) is 16.6. The first-order valence-corrected chi connectivity index (χ1v) is 10.5. The Bertz CT molecular complexity index is 787. The van der Waals surface area contributed by atoms with Crippen molar-refractivity contribution >= 4 is 11.6 Å². The predicted octanol–water partition coefficient (Wildman–Crippen LogP) is 5.20. The van der Waals surface area contributed by atoms with Crippen molar-refractivity contribution in [3.8, 4) is 0 Å². The normalized spacial score (nSPS) is 22.1. The Morgan fingerprint density at radius 1 is 1.19 bits per heavy atom. The highest BCUT2D eigenvalue weighted by Gasteiger charge is 2.39. The van der Waals surface area contributed by atoms with E-state index in [4.69, 9.17) is 0 Å². The molecule has 0 saturated heterocycles. The molecule has 1 aliphatic heterocycles. The minimum atomic E-state index is -0.0549. The lowest BCUT2D eigenvalue weighted by Crippen LogP contribution is -2.45. The number of benzene rings is 1. The number of hydrogen-bond donors (Lipinski definition) is 1. The van der Waals surface area contributed by atoms with E-state index in [0.29, 0.717) is 18.4 Å². The first-order chi connectivity index (χ1) is 13.0. The van der Waals surface area contributed by atoms with Crippen LogP contribution in [0.1, 0.15) is 74.7 Å². The minimum absolute atomic E-state index is 0.0549. The van der Waals surface area contributed by atoms with Crippen LogP contribution in [0.2, 0.25) is 0 Å². The van der Waals surface area contributed by atoms with Crippen LogP contribution in [-0.2, 0) is 12.0 Å². The lowest BCUT2D eigenvalue weighted by Gasteiger charge is -2.42. The quantitative estimate of drug-likeness (QED) is 0.741. The van der Waals surface area contributed by atoms with Crippen molar-refractivity contribution in [3.05, 3.63) is 47.7 Å². The highest BCUT2D eigenvalue weighted by molar-refractivity contribution is 6.00. The fourth-order valence-electron chi connectivity index (χ4n) is 4.86. The number of hydrogen-bond acceptors (Lipinski definition) is 3. The van der Waals surface area contributed by atoms with Crippen molar-refractivity contribution in [3.63, 3.8) is 0 Å². The van der Waals surface area contributed by atoms with E-state index in [0.717, 1.165) is 24.2 Å². The lowest BCUT2D eigenvalue weighted by atomic mass is 9.78. The Morgan fingerprint density at radius 2 is 1.93 bits per heavy atom. The molecule has 0 amide bonds. The molecule has 1 saturated carbocycles. The Hall–Kier alpha value is -2.10. The highest BCUT2D eigenvalue weighted by atomic mass is 16.1. The molecule has 4 nitrogen and oxygen atoms in total. The summed E-state index contributed by atoms with van der Waals surface area (Å²) in [6.07, 6.45) is 10.8. The maximum absolute atomic E-state index is 13.0. The van der Waals surface area contributed by atoms with Gasteiger partial charge in [0.2, 0.25) is 0 Å². The van der Waals surface area contributed by atoms with E-state index in [9.17, 15) is 4.79 Å². The predicted molar refractivity (Wildman–Crippen MR) is 109 cm³/mol. The summed E-state index contributed by atoms with van der Waals surface area (Å²) in [6, 6.07) is 10.7. The van der Waals surface area contributed by atoms with Crippen LogP contribution in [0.5, 0.6) is 0 Å². The Morgan fingerprint density at radius 3 is 2.67 bits per heavy atom. The van der Waals surface area contributed by atoms with E-state index >= 15 is 0 Å². The van der Waals surface area contributed by atoms with Gasteiger partial charge in [0, 0.05) is 12.5 Å². The van der Waals surface area contributed by atoms with Gasteiger partial charge in [-0.2, -0.15) is 5.10 Å². The van der Waals surface area contributed by atoms with Crippen LogP contribution in [0, 0.1) is 5.92 Å². The van der Waals surface area contributed by atoms with Crippen molar-refractivity contribution < 1.29 is 4.79 Å². The number of fused-ring (bicyclic) bond motifs is 1. The summed E-state index contributed by atoms with van der Waals surface area (Å²) in [4.78, 5) is 13.0. The van der Waals surface area contributed by atoms with Crippen LogP contribution in [0.25, 0.3) is 0 Å². The molecule has 4 heteroatoms. The number of aryl methyl sites for hydroxylation is 1. The van der Waals surface area contributed by atoms with Crippen LogP contribution in [0.15, 0.2) is 36.5 Å². The molecule has 0 radical (unpaired) electrons. The minimum Gasteiger partial charge on any atom is -0.367 e. The zero-order valence-electron chi connectivity index (χ0n) is 16.6. The maximum Gasteiger partial charge on any atom is 0.168 e. The molecule has 1 aliphatic carbocycles. The van der Waals surface area contributed by atoms with E-state index in [1.165, 1.54) is 37.7 Å². The fourth-order valence-corrected chi connectivity index (χ4v) is 4.86. The number of rotatable bonds is 5. The van der Waals surface area contributed by atoms with Gasteiger partial charge < -0.3 is 5.32 Å². The molecule has 1 fully saturated rings. The first kappa shape index (κ1) is 18.3. The molecule has 4 rings (SSSR count). The molecule has 0 spiro atoms. The van der Waals surface area contributed by atoms with Gasteiger partial charge in [-0.15, -0.1) is 0 Å². The van der Waals surface area contributed by atoms with Gasteiger partial charge in [-0.3, -0.25) is 4.79 Å². The van der Waals surface area contributed by atoms with Crippen molar-refractivity contribution in [1.82, 2.24) is 9.78 Å². The van der Waals surface area contributed by atoms with E-state index in [-0.39, 0.29) is 11.3 Å². The summed E-state index contributed by atoms with van der Waals surface area (Å²) in [6.45, 7) is 4.50. The maximum atomic E-state index is 13.0. The summed E-state index contributed by atoms with van der Waals surface area (Å²) in [5.41, 5.74) is 1.92. The molecular weight excluding hydrogens is 334 g/mol. The number of Topliss-reactive ketones (excluding diaryl/α,β-unsaturated/α-hetero) is 1. The zero-order chi connectivity index (χ0) is 18.9. The van der Waals surface area contributed by atoms with Gasteiger partial charge >= 0.3 is 0 Å². The third-order valence-electron chi connectivity index (χ3n) is 6.39. The number of carbonyl (C=O) groups is 1. The molecular formula is C23H31N3O. The molecule has 1 aromatic carbocycles. The van der Waals surface area contributed by atoms with E-state index in [1.54, 1.807) is 6.20 Å². The van der Waals surface area contributed by atoms with Crippen molar-refractivity contribution in [1.29, 1.82) is 0 Å². The van der Waals surface area contributed by atoms with Gasteiger partial charge in [-0.25, -0.2) is 4.68 Å². The largest absolute Gasteiger partial charge is 0.367 e. The van der Waals surface area contributed by atoms with Crippen molar-refractivity contribution in [2.75, 3.05) is 5.32 Å². The molecule has 2 heterocycles. The molecule has 144 valence electrons. The number of ketones is 1. The standard InChI is InChI=1S/C23H31N3O/c1-23(2)15-20(18-11-7-4-8-12-18)25-22-19(16-24-26(22)23)21(27)14-13-17-9-5-3-6-10-17/h3,5-6,9-10,16,18,20,25H,4,7-8,11-15H2,1-2H3. The Labute approximate surface area is 162 Å². The number of anilines is 1. The summed E-state index contributed by atoms with van der Waals surface area (Å²) in [5, 5.41) is 8.33. The molecule has 2 aromatic rings. The van der Waals surface area contributed by atoms with E-state index in [1.807, 2.05) is 22.9 Å². The molecule has 2 aliphatic rings. The summed E-state index contributed by atoms with van der Waals surface area (Å²) in [7, 11) is 0. The average molecular weight is 366 g/mol.